The van der Waals surface area contributed by atoms with Gasteiger partial charge in [0.15, 0.2) is 0 Å². The first-order valence-electron chi connectivity index (χ1n) is 4.33. The van der Waals surface area contributed by atoms with Gasteiger partial charge in [-0.05, 0) is 18.9 Å². The maximum Gasteiger partial charge on any atom is 0.337 e. The maximum atomic E-state index is 10.7. The van der Waals surface area contributed by atoms with Crippen LogP contribution < -0.4 is 5.32 Å². The van der Waals surface area contributed by atoms with Gasteiger partial charge >= 0.3 is 5.97 Å². The minimum atomic E-state index is -1.03. The van der Waals surface area contributed by atoms with Crippen LogP contribution in [0.15, 0.2) is 12.3 Å². The molecule has 1 aliphatic rings. The Bertz CT molecular complexity index is 377. The Balaban J connectivity index is 2.30. The lowest BCUT2D eigenvalue weighted by Crippen LogP contribution is -2.06. The van der Waals surface area contributed by atoms with E-state index in [9.17, 15) is 4.79 Å². The molecule has 0 aromatic carbocycles. The molecule has 5 heteroatoms. The van der Waals surface area contributed by atoms with Gasteiger partial charge in [-0.15, -0.1) is 0 Å². The average Bonchev–Trinajstić information content (AvgIpc) is 2.92. The number of hydrogen-bond acceptors (Lipinski definition) is 3. The number of anilines is 1. The van der Waals surface area contributed by atoms with Crippen molar-refractivity contribution in [1.82, 2.24) is 4.98 Å². The molecule has 0 atom stereocenters. The lowest BCUT2D eigenvalue weighted by atomic mass is 10.2. The van der Waals surface area contributed by atoms with Crippen LogP contribution in [0.1, 0.15) is 23.2 Å². The fourth-order valence-electron chi connectivity index (χ4n) is 1.13. The number of carboxylic acid groups (broad SMARTS) is 1. The van der Waals surface area contributed by atoms with Gasteiger partial charge in [0.1, 0.15) is 5.82 Å². The molecule has 1 saturated carbocycles. The zero-order valence-corrected chi connectivity index (χ0v) is 8.08. The van der Waals surface area contributed by atoms with E-state index >= 15 is 0 Å². The van der Waals surface area contributed by atoms with Crippen molar-refractivity contribution < 1.29 is 9.90 Å². The van der Waals surface area contributed by atoms with Crippen LogP contribution >= 0.6 is 11.6 Å². The quantitative estimate of drug-likeness (QED) is 0.805. The van der Waals surface area contributed by atoms with Crippen LogP contribution in [-0.4, -0.2) is 22.1 Å². The number of carbonyl (C=O) groups is 1. The van der Waals surface area contributed by atoms with E-state index in [0.717, 1.165) is 12.8 Å². The monoisotopic (exact) mass is 212 g/mol. The lowest BCUT2D eigenvalue weighted by Gasteiger charge is -2.06. The van der Waals surface area contributed by atoms with E-state index < -0.39 is 5.97 Å². The molecule has 1 heterocycles. The van der Waals surface area contributed by atoms with Crippen LogP contribution in [0.4, 0.5) is 5.82 Å². The van der Waals surface area contributed by atoms with Crippen molar-refractivity contribution in [3.05, 3.63) is 22.8 Å². The Morgan fingerprint density at radius 3 is 2.93 bits per heavy atom. The predicted molar refractivity (Wildman–Crippen MR) is 52.9 cm³/mol. The number of aromatic nitrogens is 1. The Morgan fingerprint density at radius 2 is 2.36 bits per heavy atom. The standard InChI is InChI=1S/C9H9ClN2O2/c10-7-6(9(13)14)3-4-11-8(7)12-5-1-2-5/h3-5H,1-2H2,(H,11,12)(H,13,14). The van der Waals surface area contributed by atoms with Crippen molar-refractivity contribution in [2.45, 2.75) is 18.9 Å². The van der Waals surface area contributed by atoms with Gasteiger partial charge in [-0.2, -0.15) is 0 Å². The molecule has 1 aromatic heterocycles. The summed E-state index contributed by atoms with van der Waals surface area (Å²) in [6, 6.07) is 1.80. The highest BCUT2D eigenvalue weighted by Gasteiger charge is 2.23. The third-order valence-electron chi connectivity index (χ3n) is 2.04. The van der Waals surface area contributed by atoms with Crippen molar-refractivity contribution >= 4 is 23.4 Å². The van der Waals surface area contributed by atoms with Gasteiger partial charge in [-0.25, -0.2) is 9.78 Å². The molecule has 1 fully saturated rings. The fourth-order valence-corrected chi connectivity index (χ4v) is 1.38. The van der Waals surface area contributed by atoms with Gasteiger partial charge in [0, 0.05) is 12.2 Å². The average molecular weight is 213 g/mol. The Hall–Kier alpha value is -1.29. The molecule has 0 aliphatic heterocycles. The van der Waals surface area contributed by atoms with E-state index in [2.05, 4.69) is 10.3 Å². The van der Waals surface area contributed by atoms with Crippen molar-refractivity contribution in [2.24, 2.45) is 0 Å². The van der Waals surface area contributed by atoms with Crippen molar-refractivity contribution in [3.8, 4) is 0 Å². The predicted octanol–water partition coefficient (Wildman–Crippen LogP) is 2.01. The van der Waals surface area contributed by atoms with Gasteiger partial charge in [0.2, 0.25) is 0 Å². The topological polar surface area (TPSA) is 62.2 Å². The first-order chi connectivity index (χ1) is 6.68. The van der Waals surface area contributed by atoms with E-state index in [1.54, 1.807) is 0 Å². The Labute approximate surface area is 85.9 Å². The second-order valence-electron chi connectivity index (χ2n) is 3.24. The fraction of sp³-hybridized carbons (Fsp3) is 0.333. The number of hydrogen-bond donors (Lipinski definition) is 2. The number of rotatable bonds is 3. The van der Waals surface area contributed by atoms with Crippen LogP contribution in [0.2, 0.25) is 5.02 Å². The van der Waals surface area contributed by atoms with Gasteiger partial charge in [-0.3, -0.25) is 0 Å². The summed E-state index contributed by atoms with van der Waals surface area (Å²) >= 11 is 5.87. The molecule has 0 spiro atoms. The summed E-state index contributed by atoms with van der Waals surface area (Å²) in [5.41, 5.74) is 0.0878. The smallest absolute Gasteiger partial charge is 0.337 e. The van der Waals surface area contributed by atoms with Gasteiger partial charge in [-0.1, -0.05) is 11.6 Å². The molecule has 0 radical (unpaired) electrons. The van der Waals surface area contributed by atoms with E-state index in [-0.39, 0.29) is 10.6 Å². The number of nitrogens with zero attached hydrogens (tertiary/aromatic N) is 1. The first-order valence-corrected chi connectivity index (χ1v) is 4.70. The summed E-state index contributed by atoms with van der Waals surface area (Å²) in [6.07, 6.45) is 3.63. The zero-order chi connectivity index (χ0) is 10.1. The lowest BCUT2D eigenvalue weighted by molar-refractivity contribution is 0.0697. The van der Waals surface area contributed by atoms with Crippen LogP contribution in [-0.2, 0) is 0 Å². The summed E-state index contributed by atoms with van der Waals surface area (Å²) in [5, 5.41) is 12.1. The van der Waals surface area contributed by atoms with Gasteiger partial charge < -0.3 is 10.4 Å². The van der Waals surface area contributed by atoms with E-state index in [4.69, 9.17) is 16.7 Å². The molecular weight excluding hydrogens is 204 g/mol. The summed E-state index contributed by atoms with van der Waals surface area (Å²) < 4.78 is 0. The third-order valence-corrected chi connectivity index (χ3v) is 2.42. The molecule has 0 saturated heterocycles. The van der Waals surface area contributed by atoms with Crippen molar-refractivity contribution in [3.63, 3.8) is 0 Å². The van der Waals surface area contributed by atoms with E-state index in [0.29, 0.717) is 11.9 Å². The Kier molecular flexibility index (Phi) is 2.29. The molecule has 2 rings (SSSR count). The molecule has 1 aromatic rings. The SMILES string of the molecule is O=C(O)c1ccnc(NC2CC2)c1Cl. The summed E-state index contributed by atoms with van der Waals surface area (Å²) in [4.78, 5) is 14.7. The molecule has 2 N–H and O–H groups in total. The summed E-state index contributed by atoms with van der Waals surface area (Å²) in [5.74, 6) is -0.565. The number of pyridine rings is 1. The first kappa shape index (κ1) is 9.27. The second-order valence-corrected chi connectivity index (χ2v) is 3.62. The molecule has 0 unspecified atom stereocenters. The molecule has 14 heavy (non-hydrogen) atoms. The van der Waals surface area contributed by atoms with Crippen molar-refractivity contribution in [1.29, 1.82) is 0 Å². The van der Waals surface area contributed by atoms with Crippen LogP contribution in [0, 0.1) is 0 Å². The molecule has 74 valence electrons. The minimum Gasteiger partial charge on any atom is -0.478 e. The number of carboxylic acids is 1. The summed E-state index contributed by atoms with van der Waals surface area (Å²) in [7, 11) is 0. The largest absolute Gasteiger partial charge is 0.478 e. The molecule has 1 aliphatic carbocycles. The number of aromatic carboxylic acids is 1. The number of halogens is 1. The van der Waals surface area contributed by atoms with Gasteiger partial charge in [0.05, 0.1) is 10.6 Å². The highest BCUT2D eigenvalue weighted by Crippen LogP contribution is 2.29. The second kappa shape index (κ2) is 3.46. The maximum absolute atomic E-state index is 10.7. The molecule has 4 nitrogen and oxygen atoms in total. The number of nitrogens with one attached hydrogen (secondary N) is 1. The van der Waals surface area contributed by atoms with E-state index in [1.165, 1.54) is 12.3 Å². The highest BCUT2D eigenvalue weighted by molar-refractivity contribution is 6.35. The minimum absolute atomic E-state index is 0.0878. The molecule has 0 bridgehead atoms. The Morgan fingerprint density at radius 1 is 1.64 bits per heavy atom. The summed E-state index contributed by atoms with van der Waals surface area (Å²) in [6.45, 7) is 0. The van der Waals surface area contributed by atoms with Crippen LogP contribution in [0.25, 0.3) is 0 Å². The van der Waals surface area contributed by atoms with Crippen LogP contribution in [0.5, 0.6) is 0 Å². The normalized spacial score (nSPS) is 15.2. The van der Waals surface area contributed by atoms with E-state index in [1.807, 2.05) is 0 Å². The molecular formula is C9H9ClN2O2. The zero-order valence-electron chi connectivity index (χ0n) is 7.33. The van der Waals surface area contributed by atoms with Gasteiger partial charge in [0.25, 0.3) is 0 Å². The van der Waals surface area contributed by atoms with Crippen LogP contribution in [0.3, 0.4) is 0 Å². The molecule has 0 amide bonds. The van der Waals surface area contributed by atoms with Crippen molar-refractivity contribution in [2.75, 3.05) is 5.32 Å². The highest BCUT2D eigenvalue weighted by atomic mass is 35.5. The third kappa shape index (κ3) is 1.80.